The van der Waals surface area contributed by atoms with Crippen LogP contribution < -0.4 is 0 Å². The third-order valence-electron chi connectivity index (χ3n) is 9.65. The predicted molar refractivity (Wildman–Crippen MR) is 207 cm³/mol. The molecule has 222 valence electrons. The minimum absolute atomic E-state index is 0.653. The number of para-hydroxylation sites is 1. The minimum Gasteiger partial charge on any atom is -0.244 e. The van der Waals surface area contributed by atoms with E-state index in [1.807, 2.05) is 11.3 Å². The Morgan fingerprint density at radius 3 is 1.88 bits per heavy atom. The molecule has 11 rings (SSSR count). The first-order valence-electron chi connectivity index (χ1n) is 16.0. The molecule has 3 nitrogen and oxygen atoms in total. The number of aromatic nitrogens is 3. The van der Waals surface area contributed by atoms with Crippen LogP contribution >= 0.6 is 22.7 Å². The molecular weight excluding hydrogens is 623 g/mol. The Morgan fingerprint density at radius 2 is 1.04 bits per heavy atom. The van der Waals surface area contributed by atoms with Crippen LogP contribution in [-0.2, 0) is 0 Å². The highest BCUT2D eigenvalue weighted by Crippen LogP contribution is 2.48. The van der Waals surface area contributed by atoms with E-state index in [0.717, 1.165) is 43.5 Å². The molecule has 4 heterocycles. The molecular formula is C43H23N3S2. The molecule has 4 aromatic heterocycles. The zero-order valence-corrected chi connectivity index (χ0v) is 27.1. The highest BCUT2D eigenvalue weighted by Gasteiger charge is 2.24. The summed E-state index contributed by atoms with van der Waals surface area (Å²) in [5, 5.41) is 13.1. The summed E-state index contributed by atoms with van der Waals surface area (Å²) in [5.74, 6) is 0.653. The van der Waals surface area contributed by atoms with Crippen molar-refractivity contribution in [3.8, 4) is 22.8 Å². The summed E-state index contributed by atoms with van der Waals surface area (Å²) in [6.07, 6.45) is 0. The largest absolute Gasteiger partial charge is 0.244 e. The van der Waals surface area contributed by atoms with Crippen LogP contribution in [0.3, 0.4) is 0 Å². The first kappa shape index (κ1) is 26.3. The molecule has 0 unspecified atom stereocenters. The lowest BCUT2D eigenvalue weighted by Crippen LogP contribution is -1.98. The van der Waals surface area contributed by atoms with E-state index >= 15 is 0 Å². The molecule has 0 N–H and O–H groups in total. The monoisotopic (exact) mass is 645 g/mol. The van der Waals surface area contributed by atoms with Gasteiger partial charge in [-0.2, -0.15) is 0 Å². The van der Waals surface area contributed by atoms with Crippen LogP contribution in [0, 0.1) is 0 Å². The zero-order chi connectivity index (χ0) is 31.3. The van der Waals surface area contributed by atoms with Crippen LogP contribution in [0.15, 0.2) is 140 Å². The molecule has 5 heteroatoms. The van der Waals surface area contributed by atoms with Gasteiger partial charge in [0.25, 0.3) is 0 Å². The van der Waals surface area contributed by atoms with Gasteiger partial charge in [-0.15, -0.1) is 22.7 Å². The van der Waals surface area contributed by atoms with Gasteiger partial charge in [0, 0.05) is 62.8 Å². The van der Waals surface area contributed by atoms with Crippen LogP contribution in [0.1, 0.15) is 0 Å². The number of fused-ring (bicyclic) bond motifs is 14. The molecule has 0 fully saturated rings. The second kappa shape index (κ2) is 9.88. The summed E-state index contributed by atoms with van der Waals surface area (Å²) < 4.78 is 3.74. The van der Waals surface area contributed by atoms with E-state index in [-0.39, 0.29) is 0 Å². The Balaban J connectivity index is 1.36. The van der Waals surface area contributed by atoms with Gasteiger partial charge in [-0.1, -0.05) is 115 Å². The fourth-order valence-corrected chi connectivity index (χ4v) is 9.88. The molecule has 0 saturated heterocycles. The van der Waals surface area contributed by atoms with Gasteiger partial charge in [0.15, 0.2) is 5.82 Å². The number of nitrogens with zero attached hydrogens (tertiary/aromatic N) is 3. The number of hydrogen-bond donors (Lipinski definition) is 0. The van der Waals surface area contributed by atoms with E-state index in [9.17, 15) is 0 Å². The molecule has 0 spiro atoms. The van der Waals surface area contributed by atoms with Crippen molar-refractivity contribution < 1.29 is 0 Å². The van der Waals surface area contributed by atoms with Crippen LogP contribution in [0.5, 0.6) is 0 Å². The molecule has 0 saturated carbocycles. The predicted octanol–water partition coefficient (Wildman–Crippen LogP) is 12.6. The van der Waals surface area contributed by atoms with E-state index < -0.39 is 0 Å². The smallest absolute Gasteiger partial charge is 0.180 e. The van der Waals surface area contributed by atoms with Gasteiger partial charge < -0.3 is 0 Å². The lowest BCUT2D eigenvalue weighted by Gasteiger charge is -2.15. The summed E-state index contributed by atoms with van der Waals surface area (Å²) in [6, 6.07) is 49.8. The lowest BCUT2D eigenvalue weighted by molar-refractivity contribution is 1.22. The number of rotatable bonds is 2. The fourth-order valence-electron chi connectivity index (χ4n) is 7.55. The molecule has 0 atom stereocenters. The number of thiophene rings is 2. The van der Waals surface area contributed by atoms with Crippen LogP contribution in [-0.4, -0.2) is 15.0 Å². The molecule has 11 aromatic rings. The Kier molecular flexibility index (Phi) is 5.42. The van der Waals surface area contributed by atoms with Gasteiger partial charge in [0.05, 0.1) is 11.2 Å². The second-order valence-electron chi connectivity index (χ2n) is 12.3. The Morgan fingerprint density at radius 1 is 0.396 bits per heavy atom. The zero-order valence-electron chi connectivity index (χ0n) is 25.4. The van der Waals surface area contributed by atoms with Crippen molar-refractivity contribution in [2.75, 3.05) is 0 Å². The second-order valence-corrected chi connectivity index (χ2v) is 14.4. The molecule has 0 amide bonds. The first-order chi connectivity index (χ1) is 23.8. The molecule has 48 heavy (non-hydrogen) atoms. The summed E-state index contributed by atoms with van der Waals surface area (Å²) in [7, 11) is 0. The third-order valence-corrected chi connectivity index (χ3v) is 11.9. The van der Waals surface area contributed by atoms with Gasteiger partial charge in [0.2, 0.25) is 0 Å². The summed E-state index contributed by atoms with van der Waals surface area (Å²) >= 11 is 3.58. The van der Waals surface area contributed by atoms with Gasteiger partial charge in [-0.3, -0.25) is 0 Å². The first-order valence-corrected chi connectivity index (χ1v) is 17.7. The normalized spacial score (nSPS) is 12.2. The summed E-state index contributed by atoms with van der Waals surface area (Å²) in [5.41, 5.74) is 3.78. The number of hydrogen-bond acceptors (Lipinski definition) is 5. The van der Waals surface area contributed by atoms with E-state index in [1.54, 1.807) is 11.3 Å². The van der Waals surface area contributed by atoms with Gasteiger partial charge in [0.1, 0.15) is 10.5 Å². The number of benzene rings is 7. The van der Waals surface area contributed by atoms with E-state index in [1.165, 1.54) is 57.2 Å². The molecule has 0 bridgehead atoms. The summed E-state index contributed by atoms with van der Waals surface area (Å²) in [6.45, 7) is 0. The highest BCUT2D eigenvalue weighted by molar-refractivity contribution is 7.27. The fraction of sp³-hybridized carbons (Fsp3) is 0. The van der Waals surface area contributed by atoms with Gasteiger partial charge >= 0.3 is 0 Å². The maximum absolute atomic E-state index is 5.52. The van der Waals surface area contributed by atoms with Crippen molar-refractivity contribution >= 4 is 106 Å². The standard InChI is InChI=1S/C43H23N3S2/c1-2-12-25-23-26(22-21-24(25)11-1)39-37-31-17-7-10-20-34(31)48-43(37)46-42(45-39)40-38-35(29-15-5-8-18-32(29)44-40)27-13-3-4-14-28(27)41-36(38)30-16-6-9-19-33(30)47-41/h1-23H. The maximum atomic E-state index is 5.52. The van der Waals surface area contributed by atoms with Crippen molar-refractivity contribution in [2.45, 2.75) is 0 Å². The topological polar surface area (TPSA) is 38.7 Å². The molecule has 0 aliphatic heterocycles. The molecule has 0 radical (unpaired) electrons. The van der Waals surface area contributed by atoms with Crippen molar-refractivity contribution in [2.24, 2.45) is 0 Å². The van der Waals surface area contributed by atoms with E-state index in [4.69, 9.17) is 15.0 Å². The Labute approximate surface area is 282 Å². The van der Waals surface area contributed by atoms with Gasteiger partial charge in [-0.05, 0) is 40.4 Å². The highest BCUT2D eigenvalue weighted by atomic mass is 32.1. The van der Waals surface area contributed by atoms with Crippen molar-refractivity contribution in [3.05, 3.63) is 140 Å². The molecule has 0 aliphatic rings. The van der Waals surface area contributed by atoms with Crippen LogP contribution in [0.4, 0.5) is 0 Å². The maximum Gasteiger partial charge on any atom is 0.180 e. The summed E-state index contributed by atoms with van der Waals surface area (Å²) in [4.78, 5) is 17.3. The third kappa shape index (κ3) is 3.66. The lowest BCUT2D eigenvalue weighted by atomic mass is 9.93. The Hall–Kier alpha value is -5.75. The average Bonchev–Trinajstić information content (AvgIpc) is 3.73. The van der Waals surface area contributed by atoms with E-state index in [2.05, 4.69) is 140 Å². The average molecular weight is 646 g/mol. The molecule has 7 aromatic carbocycles. The van der Waals surface area contributed by atoms with Crippen LogP contribution in [0.25, 0.3) is 106 Å². The van der Waals surface area contributed by atoms with Crippen molar-refractivity contribution in [3.63, 3.8) is 0 Å². The van der Waals surface area contributed by atoms with Crippen molar-refractivity contribution in [1.82, 2.24) is 15.0 Å². The number of pyridine rings is 1. The van der Waals surface area contributed by atoms with E-state index in [0.29, 0.717) is 5.82 Å². The minimum atomic E-state index is 0.653. The quantitative estimate of drug-likeness (QED) is 0.176. The van der Waals surface area contributed by atoms with Crippen molar-refractivity contribution in [1.29, 1.82) is 0 Å². The van der Waals surface area contributed by atoms with Gasteiger partial charge in [-0.25, -0.2) is 15.0 Å². The SMILES string of the molecule is c1ccc2cc(-c3nc(-c4nc5ccccc5c5c6ccccc6c6sc7ccccc7c6c45)nc4sc5ccccc5c34)ccc2c1. The Bertz CT molecular complexity index is 3140. The van der Waals surface area contributed by atoms with Crippen LogP contribution in [0.2, 0.25) is 0 Å². The molecule has 0 aliphatic carbocycles.